The second-order valence-electron chi connectivity index (χ2n) is 6.56. The van der Waals surface area contributed by atoms with Crippen LogP contribution in [0.2, 0.25) is 0 Å². The van der Waals surface area contributed by atoms with Gasteiger partial charge in [0.2, 0.25) is 5.89 Å². The Balaban J connectivity index is 1.98. The normalized spacial score (nSPS) is 19.6. The number of amides is 1. The minimum Gasteiger partial charge on any atom is -0.444 e. The second-order valence-corrected chi connectivity index (χ2v) is 6.56. The Morgan fingerprint density at radius 3 is 2.90 bits per heavy atom. The summed E-state index contributed by atoms with van der Waals surface area (Å²) in [6.07, 6.45) is 3.45. The predicted octanol–water partition coefficient (Wildman–Crippen LogP) is 3.14. The number of piperidine rings is 1. The molecule has 21 heavy (non-hydrogen) atoms. The quantitative estimate of drug-likeness (QED) is 0.857. The molecule has 1 aliphatic rings. The molecular weight excluding hydrogens is 270 g/mol. The van der Waals surface area contributed by atoms with E-state index in [-0.39, 0.29) is 12.0 Å². The molecule has 0 N–H and O–H groups in total. The molecule has 1 atom stereocenters. The van der Waals surface area contributed by atoms with Crippen LogP contribution in [0.1, 0.15) is 64.6 Å². The van der Waals surface area contributed by atoms with E-state index in [2.05, 4.69) is 17.1 Å². The van der Waals surface area contributed by atoms with Gasteiger partial charge in [-0.25, -0.2) is 4.79 Å². The molecule has 1 saturated heterocycles. The van der Waals surface area contributed by atoms with Gasteiger partial charge in [0.15, 0.2) is 5.82 Å². The van der Waals surface area contributed by atoms with E-state index in [0.29, 0.717) is 12.4 Å². The Bertz CT molecular complexity index is 479. The monoisotopic (exact) mass is 295 g/mol. The highest BCUT2D eigenvalue weighted by Gasteiger charge is 2.30. The SMILES string of the molecule is CCCc1noc([C@H]2CCCN(C(=O)OC(C)(C)C)C2)n1. The summed E-state index contributed by atoms with van der Waals surface area (Å²) in [6, 6.07) is 0. The lowest BCUT2D eigenvalue weighted by Crippen LogP contribution is -2.42. The van der Waals surface area contributed by atoms with Crippen LogP contribution in [0, 0.1) is 0 Å². The van der Waals surface area contributed by atoms with E-state index in [0.717, 1.165) is 38.1 Å². The Kier molecular flexibility index (Phi) is 4.85. The van der Waals surface area contributed by atoms with Gasteiger partial charge in [0, 0.05) is 19.5 Å². The number of aromatic nitrogens is 2. The first-order valence-electron chi connectivity index (χ1n) is 7.69. The van der Waals surface area contributed by atoms with Gasteiger partial charge < -0.3 is 14.2 Å². The van der Waals surface area contributed by atoms with Crippen LogP contribution in [-0.2, 0) is 11.2 Å². The van der Waals surface area contributed by atoms with E-state index in [1.807, 2.05) is 20.8 Å². The molecule has 0 radical (unpaired) electrons. The maximum Gasteiger partial charge on any atom is 0.410 e. The molecule has 0 unspecified atom stereocenters. The van der Waals surface area contributed by atoms with Gasteiger partial charge in [0.05, 0.1) is 5.92 Å². The third-order valence-electron chi connectivity index (χ3n) is 3.38. The molecule has 118 valence electrons. The molecule has 6 nitrogen and oxygen atoms in total. The summed E-state index contributed by atoms with van der Waals surface area (Å²) < 4.78 is 10.8. The standard InChI is InChI=1S/C15H25N3O3/c1-5-7-12-16-13(21-17-12)11-8-6-9-18(10-11)14(19)20-15(2,3)4/h11H,5-10H2,1-4H3/t11-/m0/s1. The van der Waals surface area contributed by atoms with Crippen LogP contribution in [0.4, 0.5) is 4.79 Å². The Hall–Kier alpha value is -1.59. The minimum absolute atomic E-state index is 0.115. The third kappa shape index (κ3) is 4.44. The largest absolute Gasteiger partial charge is 0.444 e. The summed E-state index contributed by atoms with van der Waals surface area (Å²) in [5.41, 5.74) is -0.469. The van der Waals surface area contributed by atoms with Gasteiger partial charge in [-0.15, -0.1) is 0 Å². The van der Waals surface area contributed by atoms with E-state index < -0.39 is 5.60 Å². The number of hydrogen-bond acceptors (Lipinski definition) is 5. The Morgan fingerprint density at radius 1 is 1.48 bits per heavy atom. The van der Waals surface area contributed by atoms with E-state index in [1.165, 1.54) is 0 Å². The van der Waals surface area contributed by atoms with E-state index in [4.69, 9.17) is 9.26 Å². The molecule has 0 saturated carbocycles. The van der Waals surface area contributed by atoms with Crippen molar-refractivity contribution in [2.45, 2.75) is 64.9 Å². The lowest BCUT2D eigenvalue weighted by Gasteiger charge is -2.32. The second kappa shape index (κ2) is 6.45. The highest BCUT2D eigenvalue weighted by Crippen LogP contribution is 2.26. The summed E-state index contributed by atoms with van der Waals surface area (Å²) in [6.45, 7) is 9.02. The van der Waals surface area contributed by atoms with Gasteiger partial charge in [0.25, 0.3) is 0 Å². The predicted molar refractivity (Wildman–Crippen MR) is 78.1 cm³/mol. The first kappa shape index (κ1) is 15.8. The fraction of sp³-hybridized carbons (Fsp3) is 0.800. The van der Waals surface area contributed by atoms with Crippen molar-refractivity contribution in [2.75, 3.05) is 13.1 Å². The van der Waals surface area contributed by atoms with Crippen molar-refractivity contribution < 1.29 is 14.1 Å². The van der Waals surface area contributed by atoms with E-state index in [9.17, 15) is 4.79 Å². The summed E-state index contributed by atoms with van der Waals surface area (Å²) in [5, 5.41) is 3.99. The maximum absolute atomic E-state index is 12.1. The molecule has 2 rings (SSSR count). The number of rotatable bonds is 3. The molecule has 1 aromatic heterocycles. The van der Waals surface area contributed by atoms with Crippen molar-refractivity contribution in [3.63, 3.8) is 0 Å². The Morgan fingerprint density at radius 2 is 2.24 bits per heavy atom. The highest BCUT2D eigenvalue weighted by molar-refractivity contribution is 5.68. The topological polar surface area (TPSA) is 68.5 Å². The summed E-state index contributed by atoms with van der Waals surface area (Å²) in [4.78, 5) is 18.3. The summed E-state index contributed by atoms with van der Waals surface area (Å²) in [5.74, 6) is 1.51. The maximum atomic E-state index is 12.1. The number of carbonyl (C=O) groups is 1. The molecule has 1 aromatic rings. The van der Waals surface area contributed by atoms with Gasteiger partial charge in [-0.1, -0.05) is 12.1 Å². The fourth-order valence-corrected chi connectivity index (χ4v) is 2.43. The van der Waals surface area contributed by atoms with Crippen molar-refractivity contribution >= 4 is 6.09 Å². The van der Waals surface area contributed by atoms with Gasteiger partial charge >= 0.3 is 6.09 Å². The smallest absolute Gasteiger partial charge is 0.410 e. The number of carbonyl (C=O) groups excluding carboxylic acids is 1. The zero-order valence-electron chi connectivity index (χ0n) is 13.4. The number of nitrogens with zero attached hydrogens (tertiary/aromatic N) is 3. The van der Waals surface area contributed by atoms with Crippen molar-refractivity contribution in [1.29, 1.82) is 0 Å². The van der Waals surface area contributed by atoms with E-state index >= 15 is 0 Å². The summed E-state index contributed by atoms with van der Waals surface area (Å²) >= 11 is 0. The van der Waals surface area contributed by atoms with Crippen molar-refractivity contribution in [3.05, 3.63) is 11.7 Å². The lowest BCUT2D eigenvalue weighted by molar-refractivity contribution is 0.0189. The molecular formula is C15H25N3O3. The summed E-state index contributed by atoms with van der Waals surface area (Å²) in [7, 11) is 0. The molecule has 0 aromatic carbocycles. The minimum atomic E-state index is -0.469. The number of ether oxygens (including phenoxy) is 1. The third-order valence-corrected chi connectivity index (χ3v) is 3.38. The first-order chi connectivity index (χ1) is 9.89. The highest BCUT2D eigenvalue weighted by atomic mass is 16.6. The van der Waals surface area contributed by atoms with Crippen molar-refractivity contribution in [1.82, 2.24) is 15.0 Å². The molecule has 1 aliphatic heterocycles. The van der Waals surface area contributed by atoms with Crippen LogP contribution < -0.4 is 0 Å². The van der Waals surface area contributed by atoms with Gasteiger partial charge in [-0.05, 0) is 40.0 Å². The molecule has 0 bridgehead atoms. The molecule has 6 heteroatoms. The zero-order chi connectivity index (χ0) is 15.5. The van der Waals surface area contributed by atoms with Gasteiger partial charge in [0.1, 0.15) is 5.60 Å². The average molecular weight is 295 g/mol. The van der Waals surface area contributed by atoms with E-state index in [1.54, 1.807) is 4.90 Å². The number of hydrogen-bond donors (Lipinski definition) is 0. The molecule has 2 heterocycles. The first-order valence-corrected chi connectivity index (χ1v) is 7.69. The average Bonchev–Trinajstić information content (AvgIpc) is 2.86. The van der Waals surface area contributed by atoms with Crippen molar-refractivity contribution in [2.24, 2.45) is 0 Å². The molecule has 1 amide bonds. The van der Waals surface area contributed by atoms with Crippen LogP contribution in [0.3, 0.4) is 0 Å². The van der Waals surface area contributed by atoms with Crippen LogP contribution in [0.25, 0.3) is 0 Å². The van der Waals surface area contributed by atoms with Crippen LogP contribution in [-0.4, -0.2) is 39.8 Å². The molecule has 1 fully saturated rings. The zero-order valence-corrected chi connectivity index (χ0v) is 13.4. The number of likely N-dealkylation sites (tertiary alicyclic amines) is 1. The van der Waals surface area contributed by atoms with Crippen LogP contribution in [0.15, 0.2) is 4.52 Å². The van der Waals surface area contributed by atoms with Gasteiger partial charge in [-0.3, -0.25) is 0 Å². The lowest BCUT2D eigenvalue weighted by atomic mass is 9.98. The van der Waals surface area contributed by atoms with Crippen molar-refractivity contribution in [3.8, 4) is 0 Å². The molecule has 0 spiro atoms. The fourth-order valence-electron chi connectivity index (χ4n) is 2.43. The van der Waals surface area contributed by atoms with Crippen LogP contribution >= 0.6 is 0 Å². The molecule has 0 aliphatic carbocycles. The number of aryl methyl sites for hydroxylation is 1. The van der Waals surface area contributed by atoms with Gasteiger partial charge in [-0.2, -0.15) is 4.98 Å². The van der Waals surface area contributed by atoms with Crippen LogP contribution in [0.5, 0.6) is 0 Å². The Labute approximate surface area is 125 Å².